The summed E-state index contributed by atoms with van der Waals surface area (Å²) in [6.45, 7) is 5.36. The molecule has 4 unspecified atom stereocenters. The molecule has 1 heterocycles. The largest absolute Gasteiger partial charge is 0.352 e. The summed E-state index contributed by atoms with van der Waals surface area (Å²) in [4.78, 5) is 12.2. The van der Waals surface area contributed by atoms with E-state index in [1.54, 1.807) is 0 Å². The minimum Gasteiger partial charge on any atom is -0.352 e. The first-order valence-corrected chi connectivity index (χ1v) is 7.26. The van der Waals surface area contributed by atoms with Crippen molar-refractivity contribution in [3.8, 4) is 0 Å². The Morgan fingerprint density at radius 2 is 2.29 bits per heavy atom. The van der Waals surface area contributed by atoms with Crippen molar-refractivity contribution in [2.45, 2.75) is 64.5 Å². The average Bonchev–Trinajstić information content (AvgIpc) is 2.87. The Morgan fingerprint density at radius 1 is 1.47 bits per heavy atom. The molecule has 1 saturated heterocycles. The van der Waals surface area contributed by atoms with Crippen LogP contribution in [-0.4, -0.2) is 24.5 Å². The zero-order valence-electron chi connectivity index (χ0n) is 11.2. The molecule has 3 heteroatoms. The van der Waals surface area contributed by atoms with E-state index in [9.17, 15) is 4.79 Å². The van der Waals surface area contributed by atoms with Crippen LogP contribution in [0.1, 0.15) is 52.4 Å². The van der Waals surface area contributed by atoms with Gasteiger partial charge in [-0.15, -0.1) is 0 Å². The summed E-state index contributed by atoms with van der Waals surface area (Å²) < 4.78 is 0. The van der Waals surface area contributed by atoms with Gasteiger partial charge in [-0.1, -0.05) is 26.2 Å². The Bertz CT molecular complexity index is 267. The van der Waals surface area contributed by atoms with E-state index in [0.29, 0.717) is 12.0 Å². The lowest BCUT2D eigenvalue weighted by molar-refractivity contribution is -0.124. The van der Waals surface area contributed by atoms with Crippen LogP contribution in [-0.2, 0) is 4.79 Å². The predicted molar refractivity (Wildman–Crippen MR) is 69.8 cm³/mol. The number of fused-ring (bicyclic) bond motifs is 1. The fraction of sp³-hybridized carbons (Fsp3) is 0.929. The van der Waals surface area contributed by atoms with Crippen LogP contribution in [0.15, 0.2) is 0 Å². The molecule has 1 aliphatic heterocycles. The molecule has 2 N–H and O–H groups in total. The number of rotatable bonds is 5. The summed E-state index contributed by atoms with van der Waals surface area (Å²) >= 11 is 0. The lowest BCUT2D eigenvalue weighted by atomic mass is 9.93. The summed E-state index contributed by atoms with van der Waals surface area (Å²) in [7, 11) is 0. The fourth-order valence-electron chi connectivity index (χ4n) is 3.39. The molecule has 98 valence electrons. The topological polar surface area (TPSA) is 41.1 Å². The van der Waals surface area contributed by atoms with E-state index in [1.807, 2.05) is 0 Å². The molecule has 0 aromatic rings. The van der Waals surface area contributed by atoms with Gasteiger partial charge >= 0.3 is 0 Å². The molecule has 2 fully saturated rings. The van der Waals surface area contributed by atoms with Crippen LogP contribution in [0.3, 0.4) is 0 Å². The molecule has 2 rings (SSSR count). The third-order valence-electron chi connectivity index (χ3n) is 4.41. The minimum absolute atomic E-state index is 0.0894. The first kappa shape index (κ1) is 12.9. The fourth-order valence-corrected chi connectivity index (χ4v) is 3.39. The van der Waals surface area contributed by atoms with E-state index in [1.165, 1.54) is 32.1 Å². The highest BCUT2D eigenvalue weighted by Crippen LogP contribution is 2.37. The van der Waals surface area contributed by atoms with Crippen molar-refractivity contribution in [3.05, 3.63) is 0 Å². The Balaban J connectivity index is 1.79. The maximum absolute atomic E-state index is 12.2. The zero-order valence-corrected chi connectivity index (χ0v) is 11.2. The van der Waals surface area contributed by atoms with Gasteiger partial charge in [-0.25, -0.2) is 0 Å². The van der Waals surface area contributed by atoms with Gasteiger partial charge in [0.05, 0.1) is 6.04 Å². The van der Waals surface area contributed by atoms with E-state index in [0.717, 1.165) is 18.9 Å². The lowest BCUT2D eigenvalue weighted by Gasteiger charge is -2.21. The molecule has 0 aromatic carbocycles. The molecule has 4 atom stereocenters. The van der Waals surface area contributed by atoms with Gasteiger partial charge < -0.3 is 10.6 Å². The van der Waals surface area contributed by atoms with E-state index < -0.39 is 0 Å². The second-order valence-electron chi connectivity index (χ2n) is 5.79. The van der Waals surface area contributed by atoms with Gasteiger partial charge in [-0.2, -0.15) is 0 Å². The van der Waals surface area contributed by atoms with Gasteiger partial charge in [0.15, 0.2) is 0 Å². The van der Waals surface area contributed by atoms with E-state index in [4.69, 9.17) is 0 Å². The zero-order chi connectivity index (χ0) is 12.3. The molecule has 17 heavy (non-hydrogen) atoms. The van der Waals surface area contributed by atoms with Crippen molar-refractivity contribution in [2.24, 2.45) is 11.8 Å². The van der Waals surface area contributed by atoms with Gasteiger partial charge in [0, 0.05) is 6.04 Å². The maximum atomic E-state index is 12.2. The standard InChI is InChI=1S/C14H26N2O/c1-3-4-6-10(2)16-14(17)13-12-8-5-7-11(12)9-15-13/h10-13,15H,3-9H2,1-2H3,(H,16,17). The summed E-state index contributed by atoms with van der Waals surface area (Å²) in [6, 6.07) is 0.413. The molecule has 1 amide bonds. The smallest absolute Gasteiger partial charge is 0.237 e. The molecule has 0 aromatic heterocycles. The first-order valence-electron chi connectivity index (χ1n) is 7.26. The number of carbonyl (C=O) groups excluding carboxylic acids is 1. The van der Waals surface area contributed by atoms with Crippen LogP contribution < -0.4 is 10.6 Å². The highest BCUT2D eigenvalue weighted by Gasteiger charge is 2.42. The average molecular weight is 238 g/mol. The summed E-state index contributed by atoms with van der Waals surface area (Å²) in [5, 5.41) is 6.58. The lowest BCUT2D eigenvalue weighted by Crippen LogP contribution is -2.46. The number of hydrogen-bond donors (Lipinski definition) is 2. The number of hydrogen-bond acceptors (Lipinski definition) is 2. The number of carbonyl (C=O) groups is 1. The molecule has 0 radical (unpaired) electrons. The monoisotopic (exact) mass is 238 g/mol. The quantitative estimate of drug-likeness (QED) is 0.770. The van der Waals surface area contributed by atoms with Crippen LogP contribution in [0.2, 0.25) is 0 Å². The van der Waals surface area contributed by atoms with Crippen LogP contribution >= 0.6 is 0 Å². The summed E-state index contributed by atoms with van der Waals surface area (Å²) in [6.07, 6.45) is 7.36. The summed E-state index contributed by atoms with van der Waals surface area (Å²) in [5.74, 6) is 1.60. The second-order valence-corrected chi connectivity index (χ2v) is 5.79. The maximum Gasteiger partial charge on any atom is 0.237 e. The Morgan fingerprint density at radius 3 is 3.06 bits per heavy atom. The minimum atomic E-state index is 0.0894. The molecular formula is C14H26N2O. The Hall–Kier alpha value is -0.570. The SMILES string of the molecule is CCCCC(C)NC(=O)C1NCC2CCCC21. The third-order valence-corrected chi connectivity index (χ3v) is 4.41. The van der Waals surface area contributed by atoms with E-state index in [2.05, 4.69) is 24.5 Å². The van der Waals surface area contributed by atoms with Crippen molar-refractivity contribution in [1.29, 1.82) is 0 Å². The van der Waals surface area contributed by atoms with Crippen LogP contribution in [0.4, 0.5) is 0 Å². The highest BCUT2D eigenvalue weighted by molar-refractivity contribution is 5.82. The molecule has 2 aliphatic rings. The summed E-state index contributed by atoms with van der Waals surface area (Å²) in [5.41, 5.74) is 0. The van der Waals surface area contributed by atoms with Crippen LogP contribution in [0.25, 0.3) is 0 Å². The molecule has 1 saturated carbocycles. The van der Waals surface area contributed by atoms with E-state index in [-0.39, 0.29) is 11.9 Å². The Kier molecular flexibility index (Phi) is 4.43. The van der Waals surface area contributed by atoms with Gasteiger partial charge in [0.1, 0.15) is 0 Å². The van der Waals surface area contributed by atoms with Crippen molar-refractivity contribution >= 4 is 5.91 Å². The normalized spacial score (nSPS) is 33.4. The highest BCUT2D eigenvalue weighted by atomic mass is 16.2. The number of nitrogens with one attached hydrogen (secondary N) is 2. The van der Waals surface area contributed by atoms with E-state index >= 15 is 0 Å². The van der Waals surface area contributed by atoms with Crippen molar-refractivity contribution < 1.29 is 4.79 Å². The van der Waals surface area contributed by atoms with Crippen molar-refractivity contribution in [3.63, 3.8) is 0 Å². The predicted octanol–water partition coefficient (Wildman–Crippen LogP) is 2.07. The van der Waals surface area contributed by atoms with Crippen LogP contribution in [0, 0.1) is 11.8 Å². The molecular weight excluding hydrogens is 212 g/mol. The van der Waals surface area contributed by atoms with Crippen LogP contribution in [0.5, 0.6) is 0 Å². The molecule has 3 nitrogen and oxygen atoms in total. The number of amides is 1. The molecule has 1 aliphatic carbocycles. The Labute approximate surface area is 105 Å². The first-order chi connectivity index (χ1) is 8.22. The number of unbranched alkanes of at least 4 members (excludes halogenated alkanes) is 1. The third kappa shape index (κ3) is 3.01. The van der Waals surface area contributed by atoms with Crippen molar-refractivity contribution in [2.75, 3.05) is 6.54 Å². The van der Waals surface area contributed by atoms with Gasteiger partial charge in [-0.3, -0.25) is 4.79 Å². The van der Waals surface area contributed by atoms with Crippen molar-refractivity contribution in [1.82, 2.24) is 10.6 Å². The molecule has 0 spiro atoms. The molecule has 0 bridgehead atoms. The van der Waals surface area contributed by atoms with Gasteiger partial charge in [-0.05, 0) is 44.6 Å². The van der Waals surface area contributed by atoms with Gasteiger partial charge in [0.25, 0.3) is 0 Å². The second kappa shape index (κ2) is 5.85. The van der Waals surface area contributed by atoms with Gasteiger partial charge in [0.2, 0.25) is 5.91 Å².